The van der Waals surface area contributed by atoms with Crippen molar-refractivity contribution in [1.82, 2.24) is 9.97 Å². The van der Waals surface area contributed by atoms with Crippen molar-refractivity contribution in [2.75, 3.05) is 19.0 Å². The zero-order chi connectivity index (χ0) is 15.3. The average molecular weight is 403 g/mol. The van der Waals surface area contributed by atoms with E-state index in [0.717, 1.165) is 46.6 Å². The van der Waals surface area contributed by atoms with E-state index < -0.39 is 0 Å². The molecule has 1 fully saturated rings. The van der Waals surface area contributed by atoms with Crippen molar-refractivity contribution in [3.8, 4) is 0 Å². The van der Waals surface area contributed by atoms with Gasteiger partial charge in [-0.15, -0.1) is 0 Å². The lowest BCUT2D eigenvalue weighted by atomic mass is 9.83. The molecular weight excluding hydrogens is 377 g/mol. The number of anilines is 1. The maximum Gasteiger partial charge on any atom is 0.162 e. The third kappa shape index (κ3) is 3.67. The molecule has 1 aromatic rings. The summed E-state index contributed by atoms with van der Waals surface area (Å²) in [7, 11) is 1.93. The number of rotatable bonds is 6. The van der Waals surface area contributed by atoms with Gasteiger partial charge in [-0.25, -0.2) is 9.97 Å². The molecule has 118 valence electrons. The number of hydrogen-bond donors (Lipinski definition) is 1. The van der Waals surface area contributed by atoms with Crippen LogP contribution in [0, 0.1) is 3.57 Å². The number of nitrogens with one attached hydrogen (secondary N) is 1. The number of nitrogens with zero attached hydrogens (tertiary/aromatic N) is 2. The molecule has 0 spiro atoms. The lowest BCUT2D eigenvalue weighted by Gasteiger charge is -2.36. The third-order valence-electron chi connectivity index (χ3n) is 4.13. The molecule has 0 atom stereocenters. The van der Waals surface area contributed by atoms with Crippen molar-refractivity contribution < 1.29 is 4.74 Å². The summed E-state index contributed by atoms with van der Waals surface area (Å²) in [4.78, 5) is 9.69. The zero-order valence-electron chi connectivity index (χ0n) is 13.3. The first-order valence-corrected chi connectivity index (χ1v) is 9.13. The van der Waals surface area contributed by atoms with E-state index >= 15 is 0 Å². The molecule has 5 heteroatoms. The Morgan fingerprint density at radius 2 is 1.90 bits per heavy atom. The van der Waals surface area contributed by atoms with Crippen LogP contribution in [-0.2, 0) is 16.8 Å². The lowest BCUT2D eigenvalue weighted by molar-refractivity contribution is -0.0767. The highest BCUT2D eigenvalue weighted by Gasteiger charge is 2.38. The predicted octanol–water partition coefficient (Wildman–Crippen LogP) is 4.27. The molecule has 0 amide bonds. The van der Waals surface area contributed by atoms with Crippen molar-refractivity contribution in [3.05, 3.63) is 15.1 Å². The van der Waals surface area contributed by atoms with Crippen molar-refractivity contribution in [1.29, 1.82) is 0 Å². The molecule has 1 aromatic heterocycles. The van der Waals surface area contributed by atoms with Crippen LogP contribution in [0.2, 0.25) is 0 Å². The predicted molar refractivity (Wildman–Crippen MR) is 94.7 cm³/mol. The molecule has 0 aromatic carbocycles. The minimum Gasteiger partial charge on any atom is -0.372 e. The SMILES string of the molecule is CCCc1nc(C2(OCC)CCCCC2)nc(NC)c1I. The standard InChI is InChI=1S/C16H26IN3O/c1-4-9-12-13(17)14(18-3)20-15(19-12)16(21-5-2)10-7-6-8-11-16/h4-11H2,1-3H3,(H,18,19,20). The van der Waals surface area contributed by atoms with Crippen LogP contribution in [0.1, 0.15) is 63.9 Å². The van der Waals surface area contributed by atoms with Crippen LogP contribution < -0.4 is 5.32 Å². The van der Waals surface area contributed by atoms with Gasteiger partial charge in [0, 0.05) is 13.7 Å². The topological polar surface area (TPSA) is 47.0 Å². The Morgan fingerprint density at radius 3 is 2.48 bits per heavy atom. The van der Waals surface area contributed by atoms with Crippen LogP contribution in [0.4, 0.5) is 5.82 Å². The minimum absolute atomic E-state index is 0.272. The fraction of sp³-hybridized carbons (Fsp3) is 0.750. The number of halogens is 1. The second-order valence-electron chi connectivity index (χ2n) is 5.64. The molecule has 0 saturated heterocycles. The molecule has 4 nitrogen and oxygen atoms in total. The first-order chi connectivity index (χ1) is 10.2. The highest BCUT2D eigenvalue weighted by atomic mass is 127. The zero-order valence-corrected chi connectivity index (χ0v) is 15.5. The Kier molecular flexibility index (Phi) is 6.22. The molecule has 0 bridgehead atoms. The molecule has 2 rings (SSSR count). The summed E-state index contributed by atoms with van der Waals surface area (Å²) >= 11 is 2.35. The van der Waals surface area contributed by atoms with Gasteiger partial charge in [0.1, 0.15) is 11.4 Å². The second-order valence-corrected chi connectivity index (χ2v) is 6.72. The number of aryl methyl sites for hydroxylation is 1. The van der Waals surface area contributed by atoms with Crippen molar-refractivity contribution in [2.45, 2.75) is 64.4 Å². The van der Waals surface area contributed by atoms with Crippen LogP contribution in [0.5, 0.6) is 0 Å². The van der Waals surface area contributed by atoms with Gasteiger partial charge in [0.05, 0.1) is 9.26 Å². The maximum atomic E-state index is 6.17. The van der Waals surface area contributed by atoms with E-state index in [1.54, 1.807) is 0 Å². The fourth-order valence-corrected chi connectivity index (χ4v) is 3.88. The van der Waals surface area contributed by atoms with Crippen molar-refractivity contribution in [3.63, 3.8) is 0 Å². The Morgan fingerprint density at radius 1 is 1.19 bits per heavy atom. The summed E-state index contributed by atoms with van der Waals surface area (Å²) in [6.45, 7) is 4.97. The highest BCUT2D eigenvalue weighted by Crippen LogP contribution is 2.40. The smallest absolute Gasteiger partial charge is 0.162 e. The molecule has 1 aliphatic carbocycles. The number of hydrogen-bond acceptors (Lipinski definition) is 4. The fourth-order valence-electron chi connectivity index (χ4n) is 3.10. The van der Waals surface area contributed by atoms with Crippen molar-refractivity contribution >= 4 is 28.4 Å². The average Bonchev–Trinajstić information content (AvgIpc) is 2.50. The van der Waals surface area contributed by atoms with E-state index in [1.165, 1.54) is 19.3 Å². The Bertz CT molecular complexity index is 467. The highest BCUT2D eigenvalue weighted by molar-refractivity contribution is 14.1. The monoisotopic (exact) mass is 403 g/mol. The Labute approximate surface area is 141 Å². The molecule has 0 aliphatic heterocycles. The largest absolute Gasteiger partial charge is 0.372 e. The third-order valence-corrected chi connectivity index (χ3v) is 5.27. The van der Waals surface area contributed by atoms with E-state index in [4.69, 9.17) is 14.7 Å². The normalized spacial score (nSPS) is 17.7. The van der Waals surface area contributed by atoms with Gasteiger partial charge in [0.25, 0.3) is 0 Å². The first-order valence-electron chi connectivity index (χ1n) is 8.05. The van der Waals surface area contributed by atoms with Crippen LogP contribution in [0.15, 0.2) is 0 Å². The Hall–Kier alpha value is -0.430. The van der Waals surface area contributed by atoms with Gasteiger partial charge in [0.15, 0.2) is 5.82 Å². The van der Waals surface area contributed by atoms with Crippen LogP contribution in [0.3, 0.4) is 0 Å². The lowest BCUT2D eigenvalue weighted by Crippen LogP contribution is -2.35. The molecule has 1 heterocycles. The molecule has 21 heavy (non-hydrogen) atoms. The molecule has 0 radical (unpaired) electrons. The molecule has 1 aliphatic rings. The summed E-state index contributed by atoms with van der Waals surface area (Å²) in [5.41, 5.74) is 0.878. The minimum atomic E-state index is -0.272. The van der Waals surface area contributed by atoms with Gasteiger partial charge in [-0.2, -0.15) is 0 Å². The van der Waals surface area contributed by atoms with Crippen LogP contribution >= 0.6 is 22.6 Å². The van der Waals surface area contributed by atoms with E-state index in [1.807, 2.05) is 7.05 Å². The second kappa shape index (κ2) is 7.72. The van der Waals surface area contributed by atoms with Crippen molar-refractivity contribution in [2.24, 2.45) is 0 Å². The molecule has 0 unspecified atom stereocenters. The van der Waals surface area contributed by atoms with Gasteiger partial charge >= 0.3 is 0 Å². The Balaban J connectivity index is 2.46. The van der Waals surface area contributed by atoms with Gasteiger partial charge < -0.3 is 10.1 Å². The molecular formula is C16H26IN3O. The number of ether oxygens (including phenoxy) is 1. The van der Waals surface area contributed by atoms with Crippen LogP contribution in [-0.4, -0.2) is 23.6 Å². The number of aromatic nitrogens is 2. The molecule has 1 saturated carbocycles. The summed E-state index contributed by atoms with van der Waals surface area (Å²) in [5, 5.41) is 3.22. The van der Waals surface area contributed by atoms with Crippen LogP contribution in [0.25, 0.3) is 0 Å². The summed E-state index contributed by atoms with van der Waals surface area (Å²) < 4.78 is 7.32. The van der Waals surface area contributed by atoms with E-state index in [0.29, 0.717) is 6.61 Å². The summed E-state index contributed by atoms with van der Waals surface area (Å²) in [6.07, 6.45) is 7.86. The van der Waals surface area contributed by atoms with Gasteiger partial charge in [0.2, 0.25) is 0 Å². The van der Waals surface area contributed by atoms with Gasteiger partial charge in [-0.1, -0.05) is 32.6 Å². The van der Waals surface area contributed by atoms with E-state index in [2.05, 4.69) is 41.8 Å². The maximum absolute atomic E-state index is 6.17. The summed E-state index contributed by atoms with van der Waals surface area (Å²) in [6, 6.07) is 0. The van der Waals surface area contributed by atoms with Gasteiger partial charge in [-0.3, -0.25) is 0 Å². The first kappa shape index (κ1) is 16.9. The molecule has 1 N–H and O–H groups in total. The van der Waals surface area contributed by atoms with E-state index in [9.17, 15) is 0 Å². The summed E-state index contributed by atoms with van der Waals surface area (Å²) in [5.74, 6) is 1.82. The van der Waals surface area contributed by atoms with Gasteiger partial charge in [-0.05, 0) is 48.8 Å². The van der Waals surface area contributed by atoms with E-state index in [-0.39, 0.29) is 5.60 Å². The quantitative estimate of drug-likeness (QED) is 0.721.